The van der Waals surface area contributed by atoms with Gasteiger partial charge >= 0.3 is 18.2 Å². The number of hydrogen-bond acceptors (Lipinski definition) is 11. The SMILES string of the molecule is COc1ccc(CN(C(=O)OCOC(=O)CN2CCN(C)CC2)N(C)C(=O)c2ccc(NC(=O)OCc3ccccc3)cc2)cc1OC1CCCC1. The van der Waals surface area contributed by atoms with Gasteiger partial charge in [-0.1, -0.05) is 36.4 Å². The first kappa shape index (κ1) is 37.9. The molecule has 1 saturated heterocycles. The summed E-state index contributed by atoms with van der Waals surface area (Å²) in [5, 5.41) is 4.89. The lowest BCUT2D eigenvalue weighted by atomic mass is 10.1. The van der Waals surface area contributed by atoms with Gasteiger partial charge in [-0.05, 0) is 80.3 Å². The number of nitrogens with one attached hydrogen (secondary N) is 1. The van der Waals surface area contributed by atoms with Crippen LogP contribution in [-0.2, 0) is 32.2 Å². The Kier molecular flexibility index (Phi) is 13.7. The van der Waals surface area contributed by atoms with E-state index in [9.17, 15) is 19.2 Å². The van der Waals surface area contributed by atoms with Crippen molar-refractivity contribution in [3.63, 3.8) is 0 Å². The molecule has 278 valence electrons. The van der Waals surface area contributed by atoms with E-state index in [1.54, 1.807) is 37.4 Å². The molecule has 1 aliphatic carbocycles. The van der Waals surface area contributed by atoms with Crippen LogP contribution in [0.25, 0.3) is 0 Å². The van der Waals surface area contributed by atoms with Crippen LogP contribution in [0.1, 0.15) is 47.2 Å². The van der Waals surface area contributed by atoms with Gasteiger partial charge in [0.25, 0.3) is 5.91 Å². The molecule has 14 nitrogen and oxygen atoms in total. The van der Waals surface area contributed by atoms with E-state index in [0.717, 1.165) is 67.4 Å². The van der Waals surface area contributed by atoms with E-state index in [1.165, 1.54) is 19.2 Å². The summed E-state index contributed by atoms with van der Waals surface area (Å²) in [6, 6.07) is 20.8. The molecule has 3 aromatic rings. The number of carbonyl (C=O) groups is 4. The Morgan fingerprint density at radius 3 is 2.23 bits per heavy atom. The molecule has 0 bridgehead atoms. The van der Waals surface area contributed by atoms with Gasteiger partial charge in [0.15, 0.2) is 11.5 Å². The molecule has 1 heterocycles. The molecule has 5 rings (SSSR count). The molecule has 0 unspecified atom stereocenters. The lowest BCUT2D eigenvalue weighted by Crippen LogP contribution is -2.48. The number of nitrogens with zero attached hydrogens (tertiary/aromatic N) is 4. The second kappa shape index (κ2) is 18.8. The van der Waals surface area contributed by atoms with E-state index in [-0.39, 0.29) is 31.4 Å². The molecule has 1 N–H and O–H groups in total. The van der Waals surface area contributed by atoms with Crippen LogP contribution in [0, 0.1) is 0 Å². The largest absolute Gasteiger partial charge is 0.493 e. The number of anilines is 1. The highest BCUT2D eigenvalue weighted by molar-refractivity contribution is 5.95. The van der Waals surface area contributed by atoms with Crippen molar-refractivity contribution in [2.24, 2.45) is 0 Å². The van der Waals surface area contributed by atoms with E-state index in [0.29, 0.717) is 22.7 Å². The highest BCUT2D eigenvalue weighted by Crippen LogP contribution is 2.33. The van der Waals surface area contributed by atoms with E-state index >= 15 is 0 Å². The minimum Gasteiger partial charge on any atom is -0.493 e. The Morgan fingerprint density at radius 2 is 1.54 bits per heavy atom. The first-order valence-corrected chi connectivity index (χ1v) is 17.4. The minimum absolute atomic E-state index is 0.0678. The van der Waals surface area contributed by atoms with Crippen LogP contribution in [0.3, 0.4) is 0 Å². The molecule has 2 aliphatic rings. The van der Waals surface area contributed by atoms with Crippen molar-refractivity contribution < 1.29 is 42.9 Å². The molecule has 1 saturated carbocycles. The van der Waals surface area contributed by atoms with Crippen LogP contribution in [0.2, 0.25) is 0 Å². The van der Waals surface area contributed by atoms with Gasteiger partial charge in [-0.3, -0.25) is 19.8 Å². The fourth-order valence-corrected chi connectivity index (χ4v) is 5.89. The molecular weight excluding hydrogens is 670 g/mol. The lowest BCUT2D eigenvalue weighted by Gasteiger charge is -2.32. The number of benzene rings is 3. The summed E-state index contributed by atoms with van der Waals surface area (Å²) in [6.45, 7) is 2.65. The van der Waals surface area contributed by atoms with Crippen molar-refractivity contribution in [3.05, 3.63) is 89.5 Å². The maximum atomic E-state index is 13.7. The van der Waals surface area contributed by atoms with Gasteiger partial charge < -0.3 is 28.6 Å². The monoisotopic (exact) mass is 717 g/mol. The average Bonchev–Trinajstić information content (AvgIpc) is 3.67. The number of esters is 1. The molecule has 52 heavy (non-hydrogen) atoms. The fraction of sp³-hybridized carbons (Fsp3) is 0.421. The molecule has 0 aromatic heterocycles. The zero-order valence-corrected chi connectivity index (χ0v) is 30.0. The van der Waals surface area contributed by atoms with Crippen molar-refractivity contribution in [1.82, 2.24) is 19.8 Å². The van der Waals surface area contributed by atoms with Gasteiger partial charge in [-0.15, -0.1) is 0 Å². The Hall–Kier alpha value is -5.34. The summed E-state index contributed by atoms with van der Waals surface area (Å²) in [5.41, 5.74) is 2.15. The van der Waals surface area contributed by atoms with Crippen molar-refractivity contribution in [1.29, 1.82) is 0 Å². The Bertz CT molecular complexity index is 1640. The van der Waals surface area contributed by atoms with E-state index in [4.69, 9.17) is 23.7 Å². The van der Waals surface area contributed by atoms with E-state index in [2.05, 4.69) is 10.2 Å². The number of hydrazine groups is 1. The predicted octanol–water partition coefficient (Wildman–Crippen LogP) is 5.14. The molecule has 3 amide bonds. The van der Waals surface area contributed by atoms with Crippen LogP contribution in [0.4, 0.5) is 15.3 Å². The summed E-state index contributed by atoms with van der Waals surface area (Å²) in [4.78, 5) is 56.2. The van der Waals surface area contributed by atoms with Gasteiger partial charge in [0.1, 0.15) is 6.61 Å². The van der Waals surface area contributed by atoms with Crippen LogP contribution in [0.15, 0.2) is 72.8 Å². The summed E-state index contributed by atoms with van der Waals surface area (Å²) < 4.78 is 27.6. The van der Waals surface area contributed by atoms with Crippen LogP contribution < -0.4 is 14.8 Å². The van der Waals surface area contributed by atoms with E-state index < -0.39 is 30.9 Å². The van der Waals surface area contributed by atoms with Crippen molar-refractivity contribution >= 4 is 29.8 Å². The normalized spacial score (nSPS) is 15.0. The Labute approximate surface area is 304 Å². The molecule has 0 radical (unpaired) electrons. The summed E-state index contributed by atoms with van der Waals surface area (Å²) >= 11 is 0. The van der Waals surface area contributed by atoms with Gasteiger partial charge in [-0.2, -0.15) is 0 Å². The number of amides is 3. The molecule has 3 aromatic carbocycles. The first-order valence-electron chi connectivity index (χ1n) is 17.4. The fourth-order valence-electron chi connectivity index (χ4n) is 5.89. The zero-order valence-electron chi connectivity index (χ0n) is 30.0. The number of likely N-dealkylation sites (N-methyl/N-ethyl adjacent to an activating group) is 1. The van der Waals surface area contributed by atoms with Crippen LogP contribution >= 0.6 is 0 Å². The standard InChI is InChI=1S/C38H47N5O9/c1-40-19-21-42(22-20-40)25-35(44)50-27-51-38(47)43(24-29-13-18-33(48-3)34(23-29)52-32-11-7-8-12-32)41(2)36(45)30-14-16-31(17-15-30)39-37(46)49-26-28-9-5-4-6-10-28/h4-6,9-10,13-18,23,32H,7-8,11-12,19-22,24-27H2,1-3H3,(H,39,46). The second-order valence-corrected chi connectivity index (χ2v) is 12.8. The minimum atomic E-state index is -0.906. The lowest BCUT2D eigenvalue weighted by molar-refractivity contribution is -0.155. The van der Waals surface area contributed by atoms with Gasteiger partial charge in [0.05, 0.1) is 26.3 Å². The third-order valence-electron chi connectivity index (χ3n) is 8.96. The molecule has 1 aliphatic heterocycles. The van der Waals surface area contributed by atoms with Gasteiger partial charge in [0, 0.05) is 44.5 Å². The average molecular weight is 718 g/mol. The van der Waals surface area contributed by atoms with Crippen molar-refractivity contribution in [3.8, 4) is 11.5 Å². The quantitative estimate of drug-likeness (QED) is 0.143. The maximum Gasteiger partial charge on any atom is 0.432 e. The van der Waals surface area contributed by atoms with Crippen LogP contribution in [-0.4, -0.2) is 111 Å². The highest BCUT2D eigenvalue weighted by Gasteiger charge is 2.27. The number of carbonyl (C=O) groups excluding carboxylic acids is 4. The topological polar surface area (TPSA) is 139 Å². The van der Waals surface area contributed by atoms with Gasteiger partial charge in [0.2, 0.25) is 6.79 Å². The smallest absolute Gasteiger partial charge is 0.432 e. The van der Waals surface area contributed by atoms with Gasteiger partial charge in [-0.25, -0.2) is 19.6 Å². The highest BCUT2D eigenvalue weighted by atomic mass is 16.7. The van der Waals surface area contributed by atoms with Crippen molar-refractivity contribution in [2.45, 2.75) is 44.9 Å². The molecule has 0 atom stereocenters. The molecule has 14 heteroatoms. The summed E-state index contributed by atoms with van der Waals surface area (Å²) in [5.74, 6) is 0.0459. The molecule has 2 fully saturated rings. The van der Waals surface area contributed by atoms with E-state index in [1.807, 2.05) is 42.3 Å². The second-order valence-electron chi connectivity index (χ2n) is 12.8. The molecular formula is C38H47N5O9. The summed E-state index contributed by atoms with van der Waals surface area (Å²) in [6.07, 6.45) is 2.59. The predicted molar refractivity (Wildman–Crippen MR) is 192 cm³/mol. The Balaban J connectivity index is 1.24. The third kappa shape index (κ3) is 11.1. The molecule has 0 spiro atoms. The number of ether oxygens (including phenoxy) is 5. The maximum absolute atomic E-state index is 13.7. The Morgan fingerprint density at radius 1 is 0.827 bits per heavy atom. The first-order chi connectivity index (χ1) is 25.2. The van der Waals surface area contributed by atoms with Crippen molar-refractivity contribution in [2.75, 3.05) is 66.0 Å². The third-order valence-corrected chi connectivity index (χ3v) is 8.96. The number of rotatable bonds is 13. The number of methoxy groups -OCH3 is 1. The number of piperazine rings is 1. The zero-order chi connectivity index (χ0) is 36.9. The number of hydrogen-bond donors (Lipinski definition) is 1. The van der Waals surface area contributed by atoms with Crippen LogP contribution in [0.5, 0.6) is 11.5 Å². The summed E-state index contributed by atoms with van der Waals surface area (Å²) in [7, 11) is 5.03.